The number of nitrogens with zero attached hydrogens (tertiary/aromatic N) is 2. The standard InChI is InChI=1S/C15H14N2.C4H10/c1-12-7-9-16-15-14(12)8-10-17(15)11-13-5-3-2-4-6-13;1-3-4-2/h2-10H,11H2,1H3;3-4H2,1-2H3. The largest absolute Gasteiger partial charge is 0.328 e. The lowest BCUT2D eigenvalue weighted by molar-refractivity contribution is 0.825. The Labute approximate surface area is 127 Å². The van der Waals surface area contributed by atoms with Crippen molar-refractivity contribution in [3.63, 3.8) is 0 Å². The van der Waals surface area contributed by atoms with E-state index >= 15 is 0 Å². The maximum absolute atomic E-state index is 4.46. The summed E-state index contributed by atoms with van der Waals surface area (Å²) in [7, 11) is 0. The highest BCUT2D eigenvalue weighted by molar-refractivity contribution is 5.79. The summed E-state index contributed by atoms with van der Waals surface area (Å²) < 4.78 is 2.19. The third kappa shape index (κ3) is 3.94. The summed E-state index contributed by atoms with van der Waals surface area (Å²) in [6.07, 6.45) is 6.62. The second kappa shape index (κ2) is 7.63. The predicted molar refractivity (Wildman–Crippen MR) is 90.6 cm³/mol. The van der Waals surface area contributed by atoms with Crippen molar-refractivity contribution in [3.05, 3.63) is 66.0 Å². The third-order valence-electron chi connectivity index (χ3n) is 3.58. The van der Waals surface area contributed by atoms with Crippen LogP contribution in [0.4, 0.5) is 0 Å². The SMILES string of the molecule is CCCC.Cc1ccnc2c1ccn2Cc1ccccc1. The van der Waals surface area contributed by atoms with Gasteiger partial charge in [0.25, 0.3) is 0 Å². The fourth-order valence-electron chi connectivity index (χ4n) is 2.13. The van der Waals surface area contributed by atoms with Crippen LogP contribution in [0, 0.1) is 6.92 Å². The second-order valence-corrected chi connectivity index (χ2v) is 5.29. The minimum Gasteiger partial charge on any atom is -0.328 e. The van der Waals surface area contributed by atoms with E-state index < -0.39 is 0 Å². The number of benzene rings is 1. The molecular weight excluding hydrogens is 256 g/mol. The van der Waals surface area contributed by atoms with Crippen molar-refractivity contribution in [1.82, 2.24) is 9.55 Å². The lowest BCUT2D eigenvalue weighted by atomic mass is 10.2. The van der Waals surface area contributed by atoms with Crippen LogP contribution in [0.25, 0.3) is 11.0 Å². The molecule has 2 aromatic heterocycles. The fraction of sp³-hybridized carbons (Fsp3) is 0.316. The van der Waals surface area contributed by atoms with Gasteiger partial charge >= 0.3 is 0 Å². The number of hydrogen-bond donors (Lipinski definition) is 0. The molecule has 0 saturated heterocycles. The molecule has 0 bridgehead atoms. The summed E-state index contributed by atoms with van der Waals surface area (Å²) in [6, 6.07) is 14.7. The monoisotopic (exact) mass is 280 g/mol. The highest BCUT2D eigenvalue weighted by Gasteiger charge is 2.04. The minimum absolute atomic E-state index is 0.876. The number of fused-ring (bicyclic) bond motifs is 1. The van der Waals surface area contributed by atoms with Crippen LogP contribution in [-0.4, -0.2) is 9.55 Å². The molecule has 0 spiro atoms. The first-order chi connectivity index (χ1) is 10.3. The number of aryl methyl sites for hydroxylation is 1. The van der Waals surface area contributed by atoms with Crippen LogP contribution in [-0.2, 0) is 6.54 Å². The Morgan fingerprint density at radius 3 is 2.33 bits per heavy atom. The molecular formula is C19H24N2. The molecule has 1 aromatic carbocycles. The van der Waals surface area contributed by atoms with Gasteiger partial charge in [-0.15, -0.1) is 0 Å². The Kier molecular flexibility index (Phi) is 5.56. The molecule has 110 valence electrons. The molecule has 0 atom stereocenters. The van der Waals surface area contributed by atoms with E-state index in [4.69, 9.17) is 0 Å². The van der Waals surface area contributed by atoms with Crippen LogP contribution < -0.4 is 0 Å². The Bertz CT molecular complexity index is 666. The Morgan fingerprint density at radius 1 is 0.952 bits per heavy atom. The molecule has 2 heterocycles. The predicted octanol–water partition coefficient (Wildman–Crippen LogP) is 5.20. The van der Waals surface area contributed by atoms with Crippen LogP contribution in [0.3, 0.4) is 0 Å². The molecule has 0 aliphatic heterocycles. The summed E-state index contributed by atoms with van der Waals surface area (Å²) in [5, 5.41) is 1.24. The molecule has 3 aromatic rings. The van der Waals surface area contributed by atoms with Crippen LogP contribution in [0.15, 0.2) is 54.9 Å². The van der Waals surface area contributed by atoms with Crippen molar-refractivity contribution in [1.29, 1.82) is 0 Å². The number of unbranched alkanes of at least 4 members (excludes halogenated alkanes) is 1. The summed E-state index contributed by atoms with van der Waals surface area (Å²) in [5.74, 6) is 0. The van der Waals surface area contributed by atoms with Crippen LogP contribution in [0.2, 0.25) is 0 Å². The quantitative estimate of drug-likeness (QED) is 0.645. The van der Waals surface area contributed by atoms with Gasteiger partial charge in [-0.3, -0.25) is 0 Å². The number of pyridine rings is 1. The van der Waals surface area contributed by atoms with Crippen molar-refractivity contribution in [3.8, 4) is 0 Å². The molecule has 0 amide bonds. The molecule has 0 saturated carbocycles. The van der Waals surface area contributed by atoms with Gasteiger partial charge < -0.3 is 4.57 Å². The van der Waals surface area contributed by atoms with Gasteiger partial charge in [0.05, 0.1) is 0 Å². The zero-order chi connectivity index (χ0) is 15.1. The number of hydrogen-bond acceptors (Lipinski definition) is 1. The van der Waals surface area contributed by atoms with E-state index in [1.165, 1.54) is 29.4 Å². The zero-order valence-corrected chi connectivity index (χ0v) is 13.2. The lowest BCUT2D eigenvalue weighted by Gasteiger charge is -2.05. The van der Waals surface area contributed by atoms with Gasteiger partial charge in [-0.25, -0.2) is 4.98 Å². The molecule has 2 nitrogen and oxygen atoms in total. The highest BCUT2D eigenvalue weighted by atomic mass is 15.0. The maximum atomic E-state index is 4.46. The molecule has 0 unspecified atom stereocenters. The first kappa shape index (κ1) is 15.3. The first-order valence-corrected chi connectivity index (χ1v) is 7.70. The van der Waals surface area contributed by atoms with Gasteiger partial charge in [0, 0.05) is 24.3 Å². The fourth-order valence-corrected chi connectivity index (χ4v) is 2.13. The Balaban J connectivity index is 0.000000361. The molecule has 3 rings (SSSR count). The minimum atomic E-state index is 0.876. The van der Waals surface area contributed by atoms with Gasteiger partial charge in [-0.1, -0.05) is 57.0 Å². The van der Waals surface area contributed by atoms with E-state index in [1.54, 1.807) is 0 Å². The average molecular weight is 280 g/mol. The first-order valence-electron chi connectivity index (χ1n) is 7.70. The molecule has 21 heavy (non-hydrogen) atoms. The zero-order valence-electron chi connectivity index (χ0n) is 13.2. The van der Waals surface area contributed by atoms with Crippen molar-refractivity contribution in [2.45, 2.75) is 40.2 Å². The molecule has 0 aliphatic rings. The topological polar surface area (TPSA) is 17.8 Å². The van der Waals surface area contributed by atoms with Crippen LogP contribution in [0.1, 0.15) is 37.8 Å². The van der Waals surface area contributed by atoms with Crippen molar-refractivity contribution < 1.29 is 0 Å². The maximum Gasteiger partial charge on any atom is 0.140 e. The highest BCUT2D eigenvalue weighted by Crippen LogP contribution is 2.18. The smallest absolute Gasteiger partial charge is 0.140 e. The van der Waals surface area contributed by atoms with E-state index in [2.05, 4.69) is 72.9 Å². The number of rotatable bonds is 3. The Hall–Kier alpha value is -2.09. The van der Waals surface area contributed by atoms with Crippen molar-refractivity contribution in [2.24, 2.45) is 0 Å². The summed E-state index contributed by atoms with van der Waals surface area (Å²) in [5.41, 5.74) is 3.64. The lowest BCUT2D eigenvalue weighted by Crippen LogP contribution is -1.98. The van der Waals surface area contributed by atoms with E-state index in [1.807, 2.05) is 12.3 Å². The van der Waals surface area contributed by atoms with Crippen molar-refractivity contribution in [2.75, 3.05) is 0 Å². The summed E-state index contributed by atoms with van der Waals surface area (Å²) in [6.45, 7) is 7.36. The third-order valence-corrected chi connectivity index (χ3v) is 3.58. The molecule has 0 aliphatic carbocycles. The summed E-state index contributed by atoms with van der Waals surface area (Å²) >= 11 is 0. The van der Waals surface area contributed by atoms with Crippen LogP contribution >= 0.6 is 0 Å². The molecule has 2 heteroatoms. The molecule has 0 radical (unpaired) electrons. The van der Waals surface area contributed by atoms with Gasteiger partial charge in [-0.2, -0.15) is 0 Å². The average Bonchev–Trinajstić information content (AvgIpc) is 2.93. The molecule has 0 fully saturated rings. The summed E-state index contributed by atoms with van der Waals surface area (Å²) in [4.78, 5) is 4.46. The Morgan fingerprint density at radius 2 is 1.67 bits per heavy atom. The second-order valence-electron chi connectivity index (χ2n) is 5.29. The van der Waals surface area contributed by atoms with Gasteiger partial charge in [0.1, 0.15) is 5.65 Å². The van der Waals surface area contributed by atoms with Gasteiger partial charge in [-0.05, 0) is 30.2 Å². The van der Waals surface area contributed by atoms with E-state index in [-0.39, 0.29) is 0 Å². The normalized spacial score (nSPS) is 10.2. The van der Waals surface area contributed by atoms with Crippen LogP contribution in [0.5, 0.6) is 0 Å². The van der Waals surface area contributed by atoms with Gasteiger partial charge in [0.15, 0.2) is 0 Å². The van der Waals surface area contributed by atoms with Gasteiger partial charge in [0.2, 0.25) is 0 Å². The van der Waals surface area contributed by atoms with E-state index in [0.717, 1.165) is 12.2 Å². The van der Waals surface area contributed by atoms with E-state index in [0.29, 0.717) is 0 Å². The number of aromatic nitrogens is 2. The molecule has 0 N–H and O–H groups in total. The van der Waals surface area contributed by atoms with E-state index in [9.17, 15) is 0 Å². The van der Waals surface area contributed by atoms with Crippen molar-refractivity contribution >= 4 is 11.0 Å².